The van der Waals surface area contributed by atoms with Crippen LogP contribution in [0, 0.1) is 0 Å². The lowest BCUT2D eigenvalue weighted by molar-refractivity contribution is -0.127. The Morgan fingerprint density at radius 1 is 0.800 bits per heavy atom. The van der Waals surface area contributed by atoms with Gasteiger partial charge in [-0.25, -0.2) is 0 Å². The second kappa shape index (κ2) is 7.99. The number of fused-ring (bicyclic) bond motifs is 2. The van der Waals surface area contributed by atoms with E-state index in [1.54, 1.807) is 4.90 Å². The van der Waals surface area contributed by atoms with Gasteiger partial charge in [0.1, 0.15) is 19.8 Å². The highest BCUT2D eigenvalue weighted by Gasteiger charge is 2.32. The molecule has 3 aromatic rings. The monoisotopic (exact) mass is 403 g/mol. The predicted molar refractivity (Wildman–Crippen MR) is 111 cm³/mol. The summed E-state index contributed by atoms with van der Waals surface area (Å²) in [6.45, 7) is 1.60. The number of carbonyl (C=O) groups is 1. The number of anilines is 1. The van der Waals surface area contributed by atoms with Crippen LogP contribution < -0.4 is 23.8 Å². The van der Waals surface area contributed by atoms with Gasteiger partial charge in [0, 0.05) is 5.69 Å². The van der Waals surface area contributed by atoms with E-state index < -0.39 is 6.10 Å². The average Bonchev–Trinajstić information content (AvgIpc) is 2.82. The minimum absolute atomic E-state index is 0.161. The van der Waals surface area contributed by atoms with Gasteiger partial charge in [0.15, 0.2) is 23.0 Å². The van der Waals surface area contributed by atoms with Crippen molar-refractivity contribution in [3.05, 3.63) is 78.4 Å². The molecule has 152 valence electrons. The molecule has 0 N–H and O–H groups in total. The third-order valence-corrected chi connectivity index (χ3v) is 5.07. The maximum Gasteiger partial charge on any atom is 0.271 e. The van der Waals surface area contributed by atoms with Crippen molar-refractivity contribution in [1.82, 2.24) is 0 Å². The van der Waals surface area contributed by atoms with Crippen molar-refractivity contribution in [2.45, 2.75) is 12.6 Å². The summed E-state index contributed by atoms with van der Waals surface area (Å²) in [7, 11) is 0. The van der Waals surface area contributed by atoms with Gasteiger partial charge in [0.25, 0.3) is 5.91 Å². The molecular formula is C24H21NO5. The molecule has 0 bridgehead atoms. The number of benzene rings is 3. The Morgan fingerprint density at radius 2 is 1.50 bits per heavy atom. The maximum absolute atomic E-state index is 13.5. The molecule has 3 aromatic carbocycles. The van der Waals surface area contributed by atoms with E-state index in [1.807, 2.05) is 72.8 Å². The smallest absolute Gasteiger partial charge is 0.271 e. The minimum Gasteiger partial charge on any atom is -0.486 e. The van der Waals surface area contributed by atoms with Gasteiger partial charge in [-0.1, -0.05) is 36.4 Å². The van der Waals surface area contributed by atoms with Crippen LogP contribution in [0.5, 0.6) is 23.0 Å². The zero-order valence-electron chi connectivity index (χ0n) is 16.3. The lowest BCUT2D eigenvalue weighted by Crippen LogP contribution is -2.46. The van der Waals surface area contributed by atoms with Gasteiger partial charge in [-0.2, -0.15) is 0 Å². The van der Waals surface area contributed by atoms with E-state index in [0.717, 1.165) is 17.0 Å². The number of amides is 1. The Kier molecular flexibility index (Phi) is 4.89. The summed E-state index contributed by atoms with van der Waals surface area (Å²) in [5.41, 5.74) is 1.73. The Balaban J connectivity index is 1.42. The number of nitrogens with zero attached hydrogens (tertiary/aromatic N) is 1. The molecule has 2 heterocycles. The fourth-order valence-electron chi connectivity index (χ4n) is 3.59. The fraction of sp³-hybridized carbons (Fsp3) is 0.208. The first-order valence-electron chi connectivity index (χ1n) is 9.91. The molecule has 30 heavy (non-hydrogen) atoms. The maximum atomic E-state index is 13.5. The van der Waals surface area contributed by atoms with Crippen LogP contribution in [0.3, 0.4) is 0 Å². The van der Waals surface area contributed by atoms with E-state index in [9.17, 15) is 4.79 Å². The van der Waals surface area contributed by atoms with Gasteiger partial charge in [-0.05, 0) is 42.0 Å². The molecule has 0 saturated carbocycles. The molecule has 0 fully saturated rings. The lowest BCUT2D eigenvalue weighted by Gasteiger charge is -2.31. The highest BCUT2D eigenvalue weighted by molar-refractivity contribution is 5.97. The van der Waals surface area contributed by atoms with Crippen molar-refractivity contribution in [2.75, 3.05) is 24.7 Å². The molecule has 0 unspecified atom stereocenters. The topological polar surface area (TPSA) is 57.2 Å². The van der Waals surface area contributed by atoms with Crippen LogP contribution in [-0.2, 0) is 11.3 Å². The van der Waals surface area contributed by atoms with Gasteiger partial charge < -0.3 is 23.8 Å². The molecule has 2 aliphatic rings. The number of carbonyl (C=O) groups excluding carboxylic acids is 1. The zero-order chi connectivity index (χ0) is 20.3. The van der Waals surface area contributed by atoms with Crippen LogP contribution in [0.25, 0.3) is 0 Å². The predicted octanol–water partition coefficient (Wildman–Crippen LogP) is 3.83. The van der Waals surface area contributed by atoms with Crippen molar-refractivity contribution in [3.63, 3.8) is 0 Å². The van der Waals surface area contributed by atoms with E-state index in [4.69, 9.17) is 18.9 Å². The van der Waals surface area contributed by atoms with Crippen LogP contribution in [0.15, 0.2) is 72.8 Å². The van der Waals surface area contributed by atoms with Gasteiger partial charge in [0.2, 0.25) is 6.10 Å². The summed E-state index contributed by atoms with van der Waals surface area (Å²) in [5, 5.41) is 0. The first kappa shape index (κ1) is 18.4. The largest absolute Gasteiger partial charge is 0.486 e. The molecule has 5 rings (SSSR count). The third-order valence-electron chi connectivity index (χ3n) is 5.07. The van der Waals surface area contributed by atoms with Crippen molar-refractivity contribution in [1.29, 1.82) is 0 Å². The highest BCUT2D eigenvalue weighted by Crippen LogP contribution is 2.34. The van der Waals surface area contributed by atoms with Crippen molar-refractivity contribution in [3.8, 4) is 23.0 Å². The molecule has 1 atom stereocenters. The number of rotatable bonds is 4. The fourth-order valence-corrected chi connectivity index (χ4v) is 3.59. The normalized spacial score (nSPS) is 16.6. The van der Waals surface area contributed by atoms with Crippen LogP contribution in [0.4, 0.5) is 5.69 Å². The quantitative estimate of drug-likeness (QED) is 0.663. The summed E-state index contributed by atoms with van der Waals surface area (Å²) in [6, 6.07) is 22.7. The number of hydrogen-bond acceptors (Lipinski definition) is 5. The summed E-state index contributed by atoms with van der Waals surface area (Å²) < 4.78 is 23.0. The van der Waals surface area contributed by atoms with Crippen LogP contribution >= 0.6 is 0 Å². The van der Waals surface area contributed by atoms with Crippen molar-refractivity contribution >= 4 is 11.6 Å². The number of ether oxygens (including phenoxy) is 4. The van der Waals surface area contributed by atoms with Crippen molar-refractivity contribution < 1.29 is 23.7 Å². The minimum atomic E-state index is -0.725. The molecule has 0 radical (unpaired) electrons. The molecule has 6 heteroatoms. The van der Waals surface area contributed by atoms with E-state index in [-0.39, 0.29) is 12.5 Å². The van der Waals surface area contributed by atoms with E-state index in [1.165, 1.54) is 0 Å². The molecule has 0 aromatic heterocycles. The Morgan fingerprint density at radius 3 is 2.33 bits per heavy atom. The molecule has 6 nitrogen and oxygen atoms in total. The van der Waals surface area contributed by atoms with Gasteiger partial charge in [0.05, 0.1) is 6.54 Å². The summed E-state index contributed by atoms with van der Waals surface area (Å²) >= 11 is 0. The molecule has 1 amide bonds. The average molecular weight is 403 g/mol. The number of hydrogen-bond donors (Lipinski definition) is 0. The first-order valence-corrected chi connectivity index (χ1v) is 9.91. The first-order chi connectivity index (χ1) is 14.8. The second-order valence-electron chi connectivity index (χ2n) is 7.10. The van der Waals surface area contributed by atoms with E-state index >= 15 is 0 Å². The van der Waals surface area contributed by atoms with E-state index in [0.29, 0.717) is 37.0 Å². The zero-order valence-corrected chi connectivity index (χ0v) is 16.3. The van der Waals surface area contributed by atoms with E-state index in [2.05, 4.69) is 0 Å². The van der Waals surface area contributed by atoms with Crippen LogP contribution in [0.2, 0.25) is 0 Å². The van der Waals surface area contributed by atoms with Crippen molar-refractivity contribution in [2.24, 2.45) is 0 Å². The number of para-hydroxylation sites is 3. The summed E-state index contributed by atoms with van der Waals surface area (Å²) in [4.78, 5) is 15.2. The molecule has 2 aliphatic heterocycles. The third kappa shape index (κ3) is 3.64. The SMILES string of the molecule is O=C([C@@H]1COc2ccccc2O1)N(Cc1ccc2c(c1)OCCO2)c1ccccc1. The van der Waals surface area contributed by atoms with Crippen LogP contribution in [0.1, 0.15) is 5.56 Å². The Bertz CT molecular complexity index is 1050. The van der Waals surface area contributed by atoms with Crippen LogP contribution in [-0.4, -0.2) is 31.8 Å². The van der Waals surface area contributed by atoms with Gasteiger partial charge >= 0.3 is 0 Å². The molecule has 0 saturated heterocycles. The molecule has 0 aliphatic carbocycles. The molecular weight excluding hydrogens is 382 g/mol. The highest BCUT2D eigenvalue weighted by atomic mass is 16.6. The second-order valence-corrected chi connectivity index (χ2v) is 7.10. The summed E-state index contributed by atoms with van der Waals surface area (Å²) in [5.74, 6) is 2.49. The molecule has 0 spiro atoms. The Labute approximate surface area is 174 Å². The summed E-state index contributed by atoms with van der Waals surface area (Å²) in [6.07, 6.45) is -0.725. The standard InChI is InChI=1S/C24H21NO5/c26-24(23-16-29-19-8-4-5-9-21(19)30-23)25(18-6-2-1-3-7-18)15-17-10-11-20-22(14-17)28-13-12-27-20/h1-11,14,23H,12-13,15-16H2/t23-/m0/s1. The van der Waals surface area contributed by atoms with Gasteiger partial charge in [-0.15, -0.1) is 0 Å². The lowest BCUT2D eigenvalue weighted by atomic mass is 10.1. The Hall–Kier alpha value is -3.67. The van der Waals surface area contributed by atoms with Gasteiger partial charge in [-0.3, -0.25) is 4.79 Å².